The van der Waals surface area contributed by atoms with Gasteiger partial charge in [0.1, 0.15) is 0 Å². The van der Waals surface area contributed by atoms with E-state index in [9.17, 15) is 0 Å². The van der Waals surface area contributed by atoms with Crippen molar-refractivity contribution in [1.82, 2.24) is 5.01 Å². The van der Waals surface area contributed by atoms with Gasteiger partial charge in [0.25, 0.3) is 0 Å². The second-order valence-corrected chi connectivity index (χ2v) is 7.77. The van der Waals surface area contributed by atoms with Crippen molar-refractivity contribution in [2.75, 3.05) is 42.5 Å². The highest BCUT2D eigenvalue weighted by molar-refractivity contribution is 5.87. The predicted molar refractivity (Wildman–Crippen MR) is 126 cm³/mol. The van der Waals surface area contributed by atoms with E-state index in [0.29, 0.717) is 0 Å². The molecule has 0 atom stereocenters. The average Bonchev–Trinajstić information content (AvgIpc) is 2.68. The largest absolute Gasteiger partial charge is 0.352 e. The molecule has 6 heteroatoms. The first-order valence-electron chi connectivity index (χ1n) is 10.6. The summed E-state index contributed by atoms with van der Waals surface area (Å²) in [5, 5.41) is 6.29. The Morgan fingerprint density at radius 3 is 1.77 bits per heavy atom. The highest BCUT2D eigenvalue weighted by atomic mass is 16.7. The summed E-state index contributed by atoms with van der Waals surface area (Å²) in [6, 6.07) is 0. The zero-order valence-electron chi connectivity index (χ0n) is 20.7. The molecule has 0 aromatic rings. The summed E-state index contributed by atoms with van der Waals surface area (Å²) >= 11 is 0. The van der Waals surface area contributed by atoms with Crippen molar-refractivity contribution in [3.05, 3.63) is 34.9 Å². The molecular formula is C24H44N2O4. The van der Waals surface area contributed by atoms with E-state index in [2.05, 4.69) is 44.1 Å². The minimum Gasteiger partial charge on any atom is -0.352 e. The molecule has 0 aromatic carbocycles. The third-order valence-electron chi connectivity index (χ3n) is 4.58. The van der Waals surface area contributed by atoms with Crippen LogP contribution in [-0.4, -0.2) is 65.8 Å². The minimum absolute atomic E-state index is 0.334. The van der Waals surface area contributed by atoms with Crippen molar-refractivity contribution in [1.29, 1.82) is 0 Å². The molecule has 0 aromatic heterocycles. The van der Waals surface area contributed by atoms with E-state index in [4.69, 9.17) is 18.9 Å². The van der Waals surface area contributed by atoms with Crippen LogP contribution in [0, 0.1) is 0 Å². The number of hydrogen-bond acceptors (Lipinski definition) is 6. The number of rotatable bonds is 16. The normalized spacial score (nSPS) is 13.4. The first-order chi connectivity index (χ1) is 14.3. The SMILES string of the molecule is COC(OC)C(=CCCC(=NN(C)C)C(OC)OC)CCC=C(C)CCC=C(C)C. The second kappa shape index (κ2) is 17.2. The van der Waals surface area contributed by atoms with Gasteiger partial charge in [0, 0.05) is 42.5 Å². The van der Waals surface area contributed by atoms with Crippen LogP contribution in [0.15, 0.2) is 40.0 Å². The lowest BCUT2D eigenvalue weighted by atomic mass is 10.0. The highest BCUT2D eigenvalue weighted by Crippen LogP contribution is 2.18. The molecule has 30 heavy (non-hydrogen) atoms. The maximum absolute atomic E-state index is 5.52. The van der Waals surface area contributed by atoms with E-state index in [1.54, 1.807) is 33.4 Å². The molecule has 0 aliphatic carbocycles. The molecule has 0 amide bonds. The lowest BCUT2D eigenvalue weighted by Crippen LogP contribution is -2.27. The Hall–Kier alpha value is -1.47. The quantitative estimate of drug-likeness (QED) is 0.145. The molecular weight excluding hydrogens is 380 g/mol. The summed E-state index contributed by atoms with van der Waals surface area (Å²) in [6.07, 6.45) is 11.6. The van der Waals surface area contributed by atoms with Crippen LogP contribution in [0.3, 0.4) is 0 Å². The highest BCUT2D eigenvalue weighted by Gasteiger charge is 2.16. The van der Waals surface area contributed by atoms with Crippen LogP contribution < -0.4 is 0 Å². The first-order valence-corrected chi connectivity index (χ1v) is 10.6. The van der Waals surface area contributed by atoms with Gasteiger partial charge in [-0.25, -0.2) is 0 Å². The Morgan fingerprint density at radius 2 is 1.27 bits per heavy atom. The molecule has 0 spiro atoms. The molecule has 0 fully saturated rings. The lowest BCUT2D eigenvalue weighted by molar-refractivity contribution is -0.0767. The fraction of sp³-hybridized carbons (Fsp3) is 0.708. The van der Waals surface area contributed by atoms with Gasteiger partial charge < -0.3 is 24.0 Å². The topological polar surface area (TPSA) is 52.5 Å². The van der Waals surface area contributed by atoms with E-state index < -0.39 is 6.29 Å². The van der Waals surface area contributed by atoms with Crippen LogP contribution in [0.1, 0.15) is 59.3 Å². The zero-order chi connectivity index (χ0) is 22.9. The molecule has 0 N–H and O–H groups in total. The molecule has 0 heterocycles. The minimum atomic E-state index is -0.448. The second-order valence-electron chi connectivity index (χ2n) is 7.77. The lowest BCUT2D eigenvalue weighted by Gasteiger charge is -2.19. The Morgan fingerprint density at radius 1 is 0.733 bits per heavy atom. The van der Waals surface area contributed by atoms with Crippen molar-refractivity contribution in [3.8, 4) is 0 Å². The Kier molecular flexibility index (Phi) is 16.4. The Bertz CT molecular complexity index is 568. The van der Waals surface area contributed by atoms with Crippen molar-refractivity contribution < 1.29 is 18.9 Å². The zero-order valence-corrected chi connectivity index (χ0v) is 20.7. The third kappa shape index (κ3) is 13.0. The molecule has 6 nitrogen and oxygen atoms in total. The third-order valence-corrected chi connectivity index (χ3v) is 4.58. The molecule has 0 aliphatic rings. The molecule has 0 aliphatic heterocycles. The van der Waals surface area contributed by atoms with Gasteiger partial charge in [0.15, 0.2) is 12.6 Å². The van der Waals surface area contributed by atoms with Crippen LogP contribution in [0.25, 0.3) is 0 Å². The van der Waals surface area contributed by atoms with Gasteiger partial charge in [-0.15, -0.1) is 0 Å². The molecule has 0 radical (unpaired) electrons. The summed E-state index contributed by atoms with van der Waals surface area (Å²) in [4.78, 5) is 0. The first kappa shape index (κ1) is 28.5. The molecule has 0 saturated heterocycles. The summed E-state index contributed by atoms with van der Waals surface area (Å²) in [5.74, 6) is 0. The van der Waals surface area contributed by atoms with E-state index in [0.717, 1.165) is 49.8 Å². The summed E-state index contributed by atoms with van der Waals surface area (Å²) in [5.41, 5.74) is 4.78. The van der Waals surface area contributed by atoms with Gasteiger partial charge in [-0.1, -0.05) is 29.4 Å². The molecule has 0 rings (SSSR count). The van der Waals surface area contributed by atoms with Gasteiger partial charge >= 0.3 is 0 Å². The van der Waals surface area contributed by atoms with Gasteiger partial charge in [0.2, 0.25) is 0 Å². The Balaban J connectivity index is 5.07. The van der Waals surface area contributed by atoms with Gasteiger partial charge in [-0.3, -0.25) is 0 Å². The number of ether oxygens (including phenoxy) is 4. The van der Waals surface area contributed by atoms with Crippen molar-refractivity contribution in [3.63, 3.8) is 0 Å². The number of nitrogens with zero attached hydrogens (tertiary/aromatic N) is 2. The van der Waals surface area contributed by atoms with Crippen molar-refractivity contribution in [2.45, 2.75) is 71.9 Å². The van der Waals surface area contributed by atoms with Crippen LogP contribution >= 0.6 is 0 Å². The number of allylic oxidation sites excluding steroid dienone is 5. The fourth-order valence-corrected chi connectivity index (χ4v) is 3.14. The van der Waals surface area contributed by atoms with Crippen LogP contribution in [0.4, 0.5) is 0 Å². The number of hydrogen-bond donors (Lipinski definition) is 0. The maximum atomic E-state index is 5.52. The average molecular weight is 425 g/mol. The van der Waals surface area contributed by atoms with Crippen LogP contribution in [0.5, 0.6) is 0 Å². The predicted octanol–water partition coefficient (Wildman–Crippen LogP) is 5.32. The van der Waals surface area contributed by atoms with Gasteiger partial charge in [-0.2, -0.15) is 5.10 Å². The maximum Gasteiger partial charge on any atom is 0.198 e. The van der Waals surface area contributed by atoms with E-state index in [-0.39, 0.29) is 6.29 Å². The molecule has 174 valence electrons. The van der Waals surface area contributed by atoms with E-state index >= 15 is 0 Å². The van der Waals surface area contributed by atoms with Gasteiger partial charge in [0.05, 0.1) is 5.71 Å². The summed E-state index contributed by atoms with van der Waals surface area (Å²) < 4.78 is 21.8. The van der Waals surface area contributed by atoms with Crippen LogP contribution in [-0.2, 0) is 18.9 Å². The van der Waals surface area contributed by atoms with E-state index in [1.165, 1.54) is 11.1 Å². The van der Waals surface area contributed by atoms with Crippen LogP contribution in [0.2, 0.25) is 0 Å². The molecule has 0 saturated carbocycles. The van der Waals surface area contributed by atoms with Crippen molar-refractivity contribution in [2.24, 2.45) is 5.10 Å². The number of methoxy groups -OCH3 is 4. The van der Waals surface area contributed by atoms with Gasteiger partial charge in [-0.05, 0) is 64.9 Å². The fourth-order valence-electron chi connectivity index (χ4n) is 3.14. The monoisotopic (exact) mass is 424 g/mol. The number of hydrazone groups is 1. The van der Waals surface area contributed by atoms with Crippen molar-refractivity contribution >= 4 is 5.71 Å². The summed E-state index contributed by atoms with van der Waals surface area (Å²) in [6.45, 7) is 6.48. The molecule has 0 unspecified atom stereocenters. The summed E-state index contributed by atoms with van der Waals surface area (Å²) in [7, 11) is 10.4. The van der Waals surface area contributed by atoms with E-state index in [1.807, 2.05) is 14.1 Å². The Labute approximate surface area is 184 Å². The molecule has 0 bridgehead atoms. The smallest absolute Gasteiger partial charge is 0.198 e. The standard InChI is InChI=1S/C24H44N2O4/c1-19(2)13-10-14-20(3)15-11-16-21(23(27-6)28-7)17-12-18-22(25-26(4)5)24(29-8)30-9/h13,15,17,23-24H,10-12,14,16,18H2,1-9H3.